The molecule has 0 fully saturated rings. The van der Waals surface area contributed by atoms with Crippen LogP contribution in [0.25, 0.3) is 0 Å². The maximum absolute atomic E-state index is 12.0. The van der Waals surface area contributed by atoms with Crippen LogP contribution in [0.3, 0.4) is 0 Å². The number of sulfonamides is 1. The van der Waals surface area contributed by atoms with Gasteiger partial charge in [0.25, 0.3) is 10.0 Å². The lowest BCUT2D eigenvalue weighted by Crippen LogP contribution is -2.23. The van der Waals surface area contributed by atoms with E-state index in [1.54, 1.807) is 12.1 Å². The van der Waals surface area contributed by atoms with Gasteiger partial charge >= 0.3 is 5.97 Å². The normalized spacial score (nSPS) is 11.3. The molecule has 0 aromatic carbocycles. The first-order chi connectivity index (χ1) is 9.94. The van der Waals surface area contributed by atoms with Crippen LogP contribution in [0.2, 0.25) is 0 Å². The van der Waals surface area contributed by atoms with Crippen LogP contribution in [-0.2, 0) is 16.6 Å². The van der Waals surface area contributed by atoms with Gasteiger partial charge in [0.1, 0.15) is 0 Å². The van der Waals surface area contributed by atoms with Crippen LogP contribution in [0, 0.1) is 0 Å². The predicted molar refractivity (Wildman–Crippen MR) is 70.5 cm³/mol. The van der Waals surface area contributed by atoms with E-state index in [2.05, 4.69) is 9.71 Å². The van der Waals surface area contributed by atoms with Gasteiger partial charge in [-0.2, -0.15) is 0 Å². The number of methoxy groups -OCH3 is 1. The summed E-state index contributed by atoms with van der Waals surface area (Å²) in [6.07, 6.45) is 1.52. The lowest BCUT2D eigenvalue weighted by atomic mass is 10.3. The Kier molecular flexibility index (Phi) is 4.24. The van der Waals surface area contributed by atoms with Crippen molar-refractivity contribution in [3.8, 4) is 5.88 Å². The number of aromatic nitrogens is 1. The molecule has 2 N–H and O–H groups in total. The van der Waals surface area contributed by atoms with Gasteiger partial charge < -0.3 is 14.3 Å². The number of nitrogens with zero attached hydrogens (tertiary/aromatic N) is 1. The quantitative estimate of drug-likeness (QED) is 0.811. The predicted octanol–water partition coefficient (Wildman–Crippen LogP) is 0.860. The van der Waals surface area contributed by atoms with Crippen molar-refractivity contribution in [3.05, 3.63) is 41.8 Å². The molecule has 2 aromatic rings. The summed E-state index contributed by atoms with van der Waals surface area (Å²) in [5.74, 6) is -1.49. The molecule has 0 aliphatic rings. The van der Waals surface area contributed by atoms with E-state index in [1.807, 2.05) is 0 Å². The third-order valence-corrected chi connectivity index (χ3v) is 3.83. The Morgan fingerprint density at radius 2 is 2.19 bits per heavy atom. The number of rotatable bonds is 6. The van der Waals surface area contributed by atoms with Gasteiger partial charge in [0.15, 0.2) is 0 Å². The molecule has 0 aliphatic carbocycles. The van der Waals surface area contributed by atoms with Crippen molar-refractivity contribution >= 4 is 16.0 Å². The van der Waals surface area contributed by atoms with Gasteiger partial charge in [-0.25, -0.2) is 22.9 Å². The van der Waals surface area contributed by atoms with Gasteiger partial charge in [0.05, 0.1) is 7.11 Å². The third kappa shape index (κ3) is 3.38. The Morgan fingerprint density at radius 1 is 1.43 bits per heavy atom. The Bertz CT molecular complexity index is 753. The monoisotopic (exact) mass is 312 g/mol. The van der Waals surface area contributed by atoms with E-state index in [9.17, 15) is 13.2 Å². The molecule has 0 atom stereocenters. The Morgan fingerprint density at radius 3 is 2.81 bits per heavy atom. The van der Waals surface area contributed by atoms with Crippen LogP contribution in [0.1, 0.15) is 16.1 Å². The third-order valence-electron chi connectivity index (χ3n) is 2.55. The molecule has 0 spiro atoms. The van der Waals surface area contributed by atoms with Crippen LogP contribution < -0.4 is 9.46 Å². The number of furan rings is 1. The summed E-state index contributed by atoms with van der Waals surface area (Å²) < 4.78 is 36.0. The van der Waals surface area contributed by atoms with E-state index in [0.29, 0.717) is 11.4 Å². The van der Waals surface area contributed by atoms with Gasteiger partial charge in [0.2, 0.25) is 16.7 Å². The topological polar surface area (TPSA) is 119 Å². The second-order valence-corrected chi connectivity index (χ2v) is 5.62. The molecular formula is C12H12N2O6S. The van der Waals surface area contributed by atoms with E-state index in [-0.39, 0.29) is 6.54 Å². The van der Waals surface area contributed by atoms with Gasteiger partial charge in [-0.05, 0) is 18.2 Å². The molecule has 2 rings (SSSR count). The average Bonchev–Trinajstić information content (AvgIpc) is 2.96. The molecule has 0 amide bonds. The zero-order valence-electron chi connectivity index (χ0n) is 10.9. The zero-order valence-corrected chi connectivity index (χ0v) is 11.8. The Balaban J connectivity index is 2.16. The molecule has 0 aliphatic heterocycles. The molecule has 9 heteroatoms. The molecule has 0 radical (unpaired) electrons. The second-order valence-electron chi connectivity index (χ2n) is 3.92. The molecule has 0 unspecified atom stereocenters. The first kappa shape index (κ1) is 15.0. The van der Waals surface area contributed by atoms with Crippen molar-refractivity contribution in [1.29, 1.82) is 0 Å². The fraction of sp³-hybridized carbons (Fsp3) is 0.167. The van der Waals surface area contributed by atoms with Crippen molar-refractivity contribution in [1.82, 2.24) is 9.71 Å². The summed E-state index contributed by atoms with van der Waals surface area (Å²) in [5.41, 5.74) is 0.536. The smallest absolute Gasteiger partial charge is 0.371 e. The number of carboxylic acid groups (broad SMARTS) is 1. The highest BCUT2D eigenvalue weighted by Crippen LogP contribution is 2.17. The van der Waals surface area contributed by atoms with E-state index in [0.717, 1.165) is 12.1 Å². The number of nitrogens with one attached hydrogen (secondary N) is 1. The number of pyridine rings is 1. The van der Waals surface area contributed by atoms with E-state index in [1.165, 1.54) is 13.3 Å². The number of carbonyl (C=O) groups is 1. The van der Waals surface area contributed by atoms with Crippen molar-refractivity contribution < 1.29 is 27.5 Å². The highest BCUT2D eigenvalue weighted by Gasteiger charge is 2.21. The fourth-order valence-corrected chi connectivity index (χ4v) is 2.50. The van der Waals surface area contributed by atoms with Crippen molar-refractivity contribution in [2.24, 2.45) is 0 Å². The zero-order chi connectivity index (χ0) is 15.5. The summed E-state index contributed by atoms with van der Waals surface area (Å²) in [4.78, 5) is 14.6. The van der Waals surface area contributed by atoms with E-state index < -0.39 is 26.8 Å². The number of ether oxygens (including phenoxy) is 1. The first-order valence-corrected chi connectivity index (χ1v) is 7.23. The van der Waals surface area contributed by atoms with Gasteiger partial charge in [-0.15, -0.1) is 0 Å². The Hall–Kier alpha value is -2.39. The van der Waals surface area contributed by atoms with Crippen molar-refractivity contribution in [2.75, 3.05) is 7.11 Å². The summed E-state index contributed by atoms with van der Waals surface area (Å²) >= 11 is 0. The van der Waals surface area contributed by atoms with Crippen LogP contribution in [0.5, 0.6) is 5.88 Å². The maximum Gasteiger partial charge on any atom is 0.371 e. The summed E-state index contributed by atoms with van der Waals surface area (Å²) in [6, 6.07) is 5.44. The lowest BCUT2D eigenvalue weighted by molar-refractivity contribution is 0.0656. The molecule has 21 heavy (non-hydrogen) atoms. The second kappa shape index (κ2) is 5.94. The van der Waals surface area contributed by atoms with Crippen LogP contribution in [0.15, 0.2) is 40.0 Å². The highest BCUT2D eigenvalue weighted by atomic mass is 32.2. The van der Waals surface area contributed by atoms with Gasteiger partial charge in [-0.3, -0.25) is 0 Å². The number of carboxylic acids is 1. The minimum absolute atomic E-state index is 0.0670. The Labute approximate surface area is 120 Å². The van der Waals surface area contributed by atoms with Crippen LogP contribution in [-0.4, -0.2) is 31.6 Å². The summed E-state index contributed by atoms with van der Waals surface area (Å²) in [7, 11) is -2.54. The van der Waals surface area contributed by atoms with Crippen molar-refractivity contribution in [2.45, 2.75) is 11.6 Å². The standard InChI is InChI=1S/C12H12N2O6S/c1-19-11-8(3-2-6-13-11)7-14-21(17,18)10-5-4-9(20-10)12(15)16/h2-6,14H,7H2,1H3,(H,15,16). The summed E-state index contributed by atoms with van der Waals surface area (Å²) in [6.45, 7) is -0.0670. The van der Waals surface area contributed by atoms with E-state index >= 15 is 0 Å². The maximum atomic E-state index is 12.0. The van der Waals surface area contributed by atoms with Gasteiger partial charge in [0, 0.05) is 18.3 Å². The summed E-state index contributed by atoms with van der Waals surface area (Å²) in [5, 5.41) is 8.24. The highest BCUT2D eigenvalue weighted by molar-refractivity contribution is 7.89. The first-order valence-electron chi connectivity index (χ1n) is 5.74. The number of hydrogen-bond acceptors (Lipinski definition) is 6. The molecular weight excluding hydrogens is 300 g/mol. The van der Waals surface area contributed by atoms with Gasteiger partial charge in [-0.1, -0.05) is 6.07 Å². The molecule has 112 valence electrons. The molecule has 0 bridgehead atoms. The largest absolute Gasteiger partial charge is 0.481 e. The SMILES string of the molecule is COc1ncccc1CNS(=O)(=O)c1ccc(C(=O)O)o1. The van der Waals surface area contributed by atoms with Crippen molar-refractivity contribution in [3.63, 3.8) is 0 Å². The number of aromatic carboxylic acids is 1. The molecule has 8 nitrogen and oxygen atoms in total. The molecule has 0 saturated heterocycles. The minimum atomic E-state index is -3.96. The van der Waals surface area contributed by atoms with Crippen LogP contribution >= 0.6 is 0 Å². The lowest BCUT2D eigenvalue weighted by Gasteiger charge is -2.07. The molecule has 2 heterocycles. The van der Waals surface area contributed by atoms with E-state index in [4.69, 9.17) is 14.3 Å². The fourth-order valence-electron chi connectivity index (χ4n) is 1.57. The minimum Gasteiger partial charge on any atom is -0.481 e. The number of hydrogen-bond donors (Lipinski definition) is 2. The molecule has 2 aromatic heterocycles. The average molecular weight is 312 g/mol. The molecule has 0 saturated carbocycles. The van der Waals surface area contributed by atoms with Crippen LogP contribution in [0.4, 0.5) is 0 Å².